The summed E-state index contributed by atoms with van der Waals surface area (Å²) < 4.78 is 0. The molecule has 1 heterocycles. The lowest BCUT2D eigenvalue weighted by Crippen LogP contribution is -2.35. The Kier molecular flexibility index (Phi) is 5.59. The fraction of sp³-hybridized carbons (Fsp3) is 0.611. The van der Waals surface area contributed by atoms with Gasteiger partial charge >= 0.3 is 0 Å². The van der Waals surface area contributed by atoms with E-state index in [1.54, 1.807) is 24.1 Å². The molecule has 0 radical (unpaired) electrons. The minimum absolute atomic E-state index is 0.0552. The topological polar surface area (TPSA) is 65.5 Å². The summed E-state index contributed by atoms with van der Waals surface area (Å²) in [6, 6.07) is 4.07. The highest BCUT2D eigenvalue weighted by atomic mass is 16.2. The maximum Gasteiger partial charge on any atom is 0.255 e. The molecule has 1 aliphatic carbocycles. The smallest absolute Gasteiger partial charge is 0.255 e. The largest absolute Gasteiger partial charge is 0.340 e. The molecule has 0 aliphatic heterocycles. The maximum absolute atomic E-state index is 12.4. The van der Waals surface area contributed by atoms with Crippen LogP contribution in [0.3, 0.4) is 0 Å². The third-order valence-corrected chi connectivity index (χ3v) is 4.24. The first-order valence-corrected chi connectivity index (χ1v) is 8.41. The van der Waals surface area contributed by atoms with Crippen LogP contribution in [0.1, 0.15) is 44.0 Å². The van der Waals surface area contributed by atoms with E-state index in [2.05, 4.69) is 22.2 Å². The van der Waals surface area contributed by atoms with Crippen LogP contribution in [0.5, 0.6) is 0 Å². The molecule has 0 bridgehead atoms. The molecule has 0 saturated heterocycles. The van der Waals surface area contributed by atoms with Crippen molar-refractivity contribution in [1.29, 1.82) is 0 Å². The van der Waals surface area contributed by atoms with Crippen molar-refractivity contribution in [2.45, 2.75) is 39.7 Å². The maximum atomic E-state index is 12.4. The van der Waals surface area contributed by atoms with Crippen molar-refractivity contribution in [2.75, 3.05) is 32.5 Å². The Balaban J connectivity index is 1.89. The zero-order valence-corrected chi connectivity index (χ0v) is 15.3. The van der Waals surface area contributed by atoms with Crippen molar-refractivity contribution >= 4 is 17.6 Å². The number of aromatic nitrogens is 1. The van der Waals surface area contributed by atoms with Gasteiger partial charge in [-0.05, 0) is 32.0 Å². The van der Waals surface area contributed by atoms with Gasteiger partial charge < -0.3 is 15.1 Å². The Bertz CT molecular complexity index is 588. The van der Waals surface area contributed by atoms with E-state index in [4.69, 9.17) is 0 Å². The van der Waals surface area contributed by atoms with Crippen LogP contribution in [-0.4, -0.2) is 59.8 Å². The quantitative estimate of drug-likeness (QED) is 0.867. The standard InChI is InChI=1S/C18H28N4O2/c1-18(2,3)17(24)20-15-9-6-13(12-19-15)16(23)22(5)11-10-21(4)14-7-8-14/h6,9,12,14H,7-8,10-11H2,1-5H3,(H,19,20,24). The van der Waals surface area contributed by atoms with E-state index in [0.29, 0.717) is 24.0 Å². The Morgan fingerprint density at radius 2 is 1.88 bits per heavy atom. The lowest BCUT2D eigenvalue weighted by Gasteiger charge is -2.22. The second kappa shape index (κ2) is 7.30. The summed E-state index contributed by atoms with van der Waals surface area (Å²) >= 11 is 0. The SMILES string of the molecule is CN(CCN(C)C1CC1)C(=O)c1ccc(NC(=O)C(C)(C)C)nc1. The number of amides is 2. The van der Waals surface area contributed by atoms with Crippen LogP contribution in [-0.2, 0) is 4.79 Å². The number of anilines is 1. The van der Waals surface area contributed by atoms with Crippen LogP contribution in [0, 0.1) is 5.41 Å². The zero-order valence-electron chi connectivity index (χ0n) is 15.3. The molecule has 132 valence electrons. The van der Waals surface area contributed by atoms with E-state index in [1.807, 2.05) is 20.8 Å². The van der Waals surface area contributed by atoms with Crippen molar-refractivity contribution in [1.82, 2.24) is 14.8 Å². The Labute approximate surface area is 144 Å². The zero-order chi connectivity index (χ0) is 17.9. The van der Waals surface area contributed by atoms with Crippen molar-refractivity contribution < 1.29 is 9.59 Å². The van der Waals surface area contributed by atoms with Gasteiger partial charge in [0.15, 0.2) is 0 Å². The van der Waals surface area contributed by atoms with E-state index >= 15 is 0 Å². The lowest BCUT2D eigenvalue weighted by molar-refractivity contribution is -0.123. The number of carbonyl (C=O) groups excluding carboxylic acids is 2. The van der Waals surface area contributed by atoms with E-state index in [-0.39, 0.29) is 11.8 Å². The summed E-state index contributed by atoms with van der Waals surface area (Å²) in [5, 5.41) is 2.76. The summed E-state index contributed by atoms with van der Waals surface area (Å²) in [4.78, 5) is 32.5. The minimum atomic E-state index is -0.482. The third-order valence-electron chi connectivity index (χ3n) is 4.24. The summed E-state index contributed by atoms with van der Waals surface area (Å²) in [5.41, 5.74) is 0.0459. The fourth-order valence-electron chi connectivity index (χ4n) is 2.23. The molecule has 1 saturated carbocycles. The Morgan fingerprint density at radius 1 is 1.21 bits per heavy atom. The fourth-order valence-corrected chi connectivity index (χ4v) is 2.23. The molecule has 1 aromatic rings. The predicted octanol–water partition coefficient (Wildman–Crippen LogP) is 2.23. The molecule has 2 amide bonds. The second-order valence-electron chi connectivity index (χ2n) is 7.57. The molecular weight excluding hydrogens is 304 g/mol. The van der Waals surface area contributed by atoms with E-state index in [1.165, 1.54) is 19.0 Å². The van der Waals surface area contributed by atoms with Gasteiger partial charge in [0, 0.05) is 37.8 Å². The van der Waals surface area contributed by atoms with E-state index < -0.39 is 5.41 Å². The average molecular weight is 332 g/mol. The summed E-state index contributed by atoms with van der Waals surface area (Å²) in [6.07, 6.45) is 4.04. The second-order valence-corrected chi connectivity index (χ2v) is 7.57. The number of hydrogen-bond donors (Lipinski definition) is 1. The van der Waals surface area contributed by atoms with Gasteiger partial charge in [-0.1, -0.05) is 20.8 Å². The van der Waals surface area contributed by atoms with Gasteiger partial charge in [-0.25, -0.2) is 4.98 Å². The normalized spacial score (nSPS) is 14.6. The first-order valence-electron chi connectivity index (χ1n) is 8.41. The average Bonchev–Trinajstić information content (AvgIpc) is 3.36. The minimum Gasteiger partial charge on any atom is -0.340 e. The van der Waals surface area contributed by atoms with Crippen LogP contribution in [0.2, 0.25) is 0 Å². The number of carbonyl (C=O) groups is 2. The molecular formula is C18H28N4O2. The van der Waals surface area contributed by atoms with Gasteiger partial charge in [-0.2, -0.15) is 0 Å². The van der Waals surface area contributed by atoms with Crippen LogP contribution in [0.15, 0.2) is 18.3 Å². The van der Waals surface area contributed by atoms with Crippen molar-refractivity contribution in [3.05, 3.63) is 23.9 Å². The number of likely N-dealkylation sites (N-methyl/N-ethyl adjacent to an activating group) is 2. The third kappa shape index (κ3) is 5.03. The van der Waals surface area contributed by atoms with Crippen molar-refractivity contribution in [3.63, 3.8) is 0 Å². The van der Waals surface area contributed by atoms with E-state index in [0.717, 1.165) is 6.54 Å². The van der Waals surface area contributed by atoms with Gasteiger partial charge in [-0.15, -0.1) is 0 Å². The summed E-state index contributed by atoms with van der Waals surface area (Å²) in [5.74, 6) is 0.303. The van der Waals surface area contributed by atoms with Crippen molar-refractivity contribution in [2.24, 2.45) is 5.41 Å². The van der Waals surface area contributed by atoms with Gasteiger partial charge in [-0.3, -0.25) is 9.59 Å². The van der Waals surface area contributed by atoms with Gasteiger partial charge in [0.25, 0.3) is 5.91 Å². The van der Waals surface area contributed by atoms with Crippen LogP contribution in [0.25, 0.3) is 0 Å². The lowest BCUT2D eigenvalue weighted by atomic mass is 9.96. The highest BCUT2D eigenvalue weighted by Gasteiger charge is 2.26. The Morgan fingerprint density at radius 3 is 2.38 bits per heavy atom. The van der Waals surface area contributed by atoms with Crippen LogP contribution >= 0.6 is 0 Å². The summed E-state index contributed by atoms with van der Waals surface area (Å²) in [6.45, 7) is 7.09. The van der Waals surface area contributed by atoms with Crippen LogP contribution < -0.4 is 5.32 Å². The van der Waals surface area contributed by atoms with Crippen LogP contribution in [0.4, 0.5) is 5.82 Å². The molecule has 24 heavy (non-hydrogen) atoms. The van der Waals surface area contributed by atoms with Gasteiger partial charge in [0.2, 0.25) is 5.91 Å². The van der Waals surface area contributed by atoms with Gasteiger partial charge in [0.1, 0.15) is 5.82 Å². The molecule has 6 nitrogen and oxygen atoms in total. The number of nitrogens with zero attached hydrogens (tertiary/aromatic N) is 3. The molecule has 0 unspecified atom stereocenters. The molecule has 0 atom stereocenters. The molecule has 1 aliphatic rings. The first kappa shape index (κ1) is 18.4. The van der Waals surface area contributed by atoms with E-state index in [9.17, 15) is 9.59 Å². The number of nitrogens with one attached hydrogen (secondary N) is 1. The number of hydrogen-bond acceptors (Lipinski definition) is 4. The molecule has 1 N–H and O–H groups in total. The van der Waals surface area contributed by atoms with Crippen molar-refractivity contribution in [3.8, 4) is 0 Å². The Hall–Kier alpha value is -1.95. The molecule has 1 aromatic heterocycles. The monoisotopic (exact) mass is 332 g/mol. The molecule has 2 rings (SSSR count). The highest BCUT2D eigenvalue weighted by molar-refractivity contribution is 5.95. The molecule has 0 aromatic carbocycles. The molecule has 1 fully saturated rings. The first-order chi connectivity index (χ1) is 11.2. The predicted molar refractivity (Wildman–Crippen MR) is 94.9 cm³/mol. The van der Waals surface area contributed by atoms with Gasteiger partial charge in [0.05, 0.1) is 5.56 Å². The number of pyridine rings is 1. The molecule has 6 heteroatoms. The molecule has 0 spiro atoms. The summed E-state index contributed by atoms with van der Waals surface area (Å²) in [7, 11) is 3.91. The highest BCUT2D eigenvalue weighted by Crippen LogP contribution is 2.24. The number of rotatable bonds is 6.